The maximum absolute atomic E-state index is 10.7. The highest BCUT2D eigenvalue weighted by Crippen LogP contribution is 2.42. The average Bonchev–Trinajstić information content (AvgIpc) is 3.02. The first kappa shape index (κ1) is 17.1. The molecule has 5 N–H and O–H groups in total. The number of aliphatic hydroxyl groups excluding tert-OH is 1. The summed E-state index contributed by atoms with van der Waals surface area (Å²) in [5.41, 5.74) is 4.81. The Morgan fingerprint density at radius 3 is 2.96 bits per heavy atom. The second kappa shape index (κ2) is 6.30. The van der Waals surface area contributed by atoms with Crippen molar-refractivity contribution in [3.63, 3.8) is 0 Å². The maximum Gasteiger partial charge on any atom is 0.198 e. The minimum atomic E-state index is -1.54. The normalized spacial score (nSPS) is 35.5. The zero-order valence-corrected chi connectivity index (χ0v) is 13.8. The Labute approximate surface area is 139 Å². The van der Waals surface area contributed by atoms with Crippen LogP contribution in [0.1, 0.15) is 32.0 Å². The third kappa shape index (κ3) is 2.66. The van der Waals surface area contributed by atoms with E-state index in [2.05, 4.69) is 15.3 Å². The van der Waals surface area contributed by atoms with Crippen molar-refractivity contribution >= 4 is 11.8 Å². The molecule has 1 aromatic rings. The van der Waals surface area contributed by atoms with Crippen LogP contribution < -0.4 is 11.1 Å². The summed E-state index contributed by atoms with van der Waals surface area (Å²) in [6.07, 6.45) is -1.77. The summed E-state index contributed by atoms with van der Waals surface area (Å²) < 4.78 is 18.0. The Morgan fingerprint density at radius 1 is 1.54 bits per heavy atom. The summed E-state index contributed by atoms with van der Waals surface area (Å²) in [4.78, 5) is 8.47. The number of nitrogens with two attached hydrogens (primary N) is 1. The number of nitrogens with one attached hydrogen (secondary N) is 1. The number of anilines is 1. The number of aromatic nitrogens is 2. The van der Waals surface area contributed by atoms with Crippen molar-refractivity contribution in [3.05, 3.63) is 12.0 Å². The van der Waals surface area contributed by atoms with E-state index in [4.69, 9.17) is 19.9 Å². The first-order valence-electron chi connectivity index (χ1n) is 7.73. The lowest BCUT2D eigenvalue weighted by molar-refractivity contribution is -0.0963. The molecule has 0 radical (unpaired) electrons. The largest absolute Gasteiger partial charge is 0.387 e. The highest BCUT2D eigenvalue weighted by Gasteiger charge is 2.53. The molecule has 0 amide bonds. The molecule has 1 aromatic heterocycles. The van der Waals surface area contributed by atoms with E-state index in [-0.39, 0.29) is 12.6 Å². The lowest BCUT2D eigenvalue weighted by Crippen LogP contribution is -2.44. The van der Waals surface area contributed by atoms with Crippen LogP contribution in [0.2, 0.25) is 0 Å². The van der Waals surface area contributed by atoms with Gasteiger partial charge in [-0.1, -0.05) is 0 Å². The van der Waals surface area contributed by atoms with Gasteiger partial charge in [0.05, 0.1) is 12.9 Å². The van der Waals surface area contributed by atoms with Crippen LogP contribution in [0.15, 0.2) is 11.3 Å². The molecule has 2 aliphatic rings. The number of fused-ring (bicyclic) bond motifs is 1. The standard InChI is InChI=1S/C14H23N5O5/c1-4-23-11-8-10(17-13(15)18-11)19(6-16-8)12-14(2,21)9(20)7(24-12)5-22-3/h6-7,9,11-12,20-21H,4-5H2,1-3H3,(H3,15,17,18)/t7-,9-,11?,12-,14?/m1/s1. The number of aliphatic imine (C=N–C) groups is 1. The number of hydrogen-bond donors (Lipinski definition) is 4. The van der Waals surface area contributed by atoms with E-state index >= 15 is 0 Å². The number of guanidine groups is 1. The van der Waals surface area contributed by atoms with Gasteiger partial charge in [-0.25, -0.2) is 9.98 Å². The third-order valence-corrected chi connectivity index (χ3v) is 4.22. The second-order valence-electron chi connectivity index (χ2n) is 5.99. The third-order valence-electron chi connectivity index (χ3n) is 4.22. The van der Waals surface area contributed by atoms with E-state index in [1.807, 2.05) is 6.92 Å². The fraction of sp³-hybridized carbons (Fsp3) is 0.714. The molecule has 0 bridgehead atoms. The summed E-state index contributed by atoms with van der Waals surface area (Å²) >= 11 is 0. The Kier molecular flexibility index (Phi) is 4.49. The number of ether oxygens (including phenoxy) is 3. The van der Waals surface area contributed by atoms with Crippen LogP contribution in [-0.2, 0) is 14.2 Å². The minimum absolute atomic E-state index is 0.156. The lowest BCUT2D eigenvalue weighted by atomic mass is 9.96. The number of aliphatic hydroxyl groups is 2. The van der Waals surface area contributed by atoms with Gasteiger partial charge in [0.25, 0.3) is 0 Å². The minimum Gasteiger partial charge on any atom is -0.387 e. The molecule has 1 fully saturated rings. The van der Waals surface area contributed by atoms with E-state index in [1.54, 1.807) is 4.57 Å². The number of hydrogen-bond acceptors (Lipinski definition) is 9. The first-order chi connectivity index (χ1) is 11.4. The van der Waals surface area contributed by atoms with E-state index in [0.29, 0.717) is 18.1 Å². The van der Waals surface area contributed by atoms with E-state index < -0.39 is 30.3 Å². The monoisotopic (exact) mass is 341 g/mol. The van der Waals surface area contributed by atoms with Crippen LogP contribution >= 0.6 is 0 Å². The summed E-state index contributed by atoms with van der Waals surface area (Å²) in [5.74, 6) is 0.686. The lowest BCUT2D eigenvalue weighted by Gasteiger charge is -2.29. The SMILES string of the molecule is CCOC1N=C(N)Nc2c1ncn2[C@@H]1O[C@H](COC)[C@@H](O)C1(C)O. The molecule has 0 spiro atoms. The molecule has 0 saturated carbocycles. The second-order valence-corrected chi connectivity index (χ2v) is 5.99. The van der Waals surface area contributed by atoms with E-state index in [1.165, 1.54) is 20.4 Å². The summed E-state index contributed by atoms with van der Waals surface area (Å²) in [5, 5.41) is 24.0. The van der Waals surface area contributed by atoms with Crippen molar-refractivity contribution in [2.24, 2.45) is 10.7 Å². The quantitative estimate of drug-likeness (QED) is 0.553. The van der Waals surface area contributed by atoms with Crippen LogP contribution in [0.25, 0.3) is 0 Å². The Hall–Kier alpha value is -1.72. The predicted octanol–water partition coefficient (Wildman–Crippen LogP) is -0.686. The number of imidazole rings is 1. The fourth-order valence-corrected chi connectivity index (χ4v) is 3.02. The van der Waals surface area contributed by atoms with Gasteiger partial charge in [0, 0.05) is 13.7 Å². The molecular weight excluding hydrogens is 318 g/mol. The smallest absolute Gasteiger partial charge is 0.198 e. The topological polar surface area (TPSA) is 136 Å². The molecule has 3 heterocycles. The Morgan fingerprint density at radius 2 is 2.29 bits per heavy atom. The zero-order valence-electron chi connectivity index (χ0n) is 13.8. The van der Waals surface area contributed by atoms with Gasteiger partial charge in [-0.3, -0.25) is 4.57 Å². The number of rotatable bonds is 5. The molecule has 2 unspecified atom stereocenters. The highest BCUT2D eigenvalue weighted by atomic mass is 16.6. The molecule has 24 heavy (non-hydrogen) atoms. The van der Waals surface area contributed by atoms with Crippen molar-refractivity contribution < 1.29 is 24.4 Å². The highest BCUT2D eigenvalue weighted by molar-refractivity contribution is 5.93. The van der Waals surface area contributed by atoms with Crippen LogP contribution in [-0.4, -0.2) is 63.9 Å². The molecular formula is C14H23N5O5. The molecule has 0 aliphatic carbocycles. The van der Waals surface area contributed by atoms with E-state index in [9.17, 15) is 10.2 Å². The summed E-state index contributed by atoms with van der Waals surface area (Å²) in [6, 6.07) is 0. The summed E-state index contributed by atoms with van der Waals surface area (Å²) in [7, 11) is 1.50. The molecule has 5 atom stereocenters. The van der Waals surface area contributed by atoms with Gasteiger partial charge in [-0.05, 0) is 13.8 Å². The van der Waals surface area contributed by atoms with Gasteiger partial charge >= 0.3 is 0 Å². The van der Waals surface area contributed by atoms with Gasteiger partial charge in [0.2, 0.25) is 0 Å². The molecule has 10 heteroatoms. The molecule has 3 rings (SSSR count). The van der Waals surface area contributed by atoms with Gasteiger partial charge < -0.3 is 35.5 Å². The van der Waals surface area contributed by atoms with Gasteiger partial charge in [-0.2, -0.15) is 0 Å². The summed E-state index contributed by atoms with van der Waals surface area (Å²) in [6.45, 7) is 3.95. The van der Waals surface area contributed by atoms with Crippen LogP contribution in [0.4, 0.5) is 5.82 Å². The zero-order chi connectivity index (χ0) is 17.5. The molecule has 2 aliphatic heterocycles. The van der Waals surface area contributed by atoms with Crippen LogP contribution in [0.3, 0.4) is 0 Å². The molecule has 0 aromatic carbocycles. The van der Waals surface area contributed by atoms with Gasteiger partial charge in [0.15, 0.2) is 18.4 Å². The molecule has 134 valence electrons. The van der Waals surface area contributed by atoms with E-state index in [0.717, 1.165) is 0 Å². The van der Waals surface area contributed by atoms with Crippen LogP contribution in [0, 0.1) is 0 Å². The molecule has 10 nitrogen and oxygen atoms in total. The Balaban J connectivity index is 1.95. The van der Waals surface area contributed by atoms with Crippen molar-refractivity contribution in [2.75, 3.05) is 25.6 Å². The molecule has 1 saturated heterocycles. The van der Waals surface area contributed by atoms with Crippen LogP contribution in [0.5, 0.6) is 0 Å². The van der Waals surface area contributed by atoms with Gasteiger partial charge in [0.1, 0.15) is 29.3 Å². The number of nitrogens with zero attached hydrogens (tertiary/aromatic N) is 3. The Bertz CT molecular complexity index is 631. The maximum atomic E-state index is 10.7. The van der Waals surface area contributed by atoms with Crippen molar-refractivity contribution in [1.29, 1.82) is 0 Å². The van der Waals surface area contributed by atoms with Gasteiger partial charge in [-0.15, -0.1) is 0 Å². The van der Waals surface area contributed by atoms with Crippen molar-refractivity contribution in [1.82, 2.24) is 9.55 Å². The predicted molar refractivity (Wildman–Crippen MR) is 84.3 cm³/mol. The first-order valence-corrected chi connectivity index (χ1v) is 7.73. The van der Waals surface area contributed by atoms with Crippen molar-refractivity contribution in [2.45, 2.75) is 44.1 Å². The van der Waals surface area contributed by atoms with Crippen molar-refractivity contribution in [3.8, 4) is 0 Å². The number of methoxy groups -OCH3 is 1. The fourth-order valence-electron chi connectivity index (χ4n) is 3.02. The average molecular weight is 341 g/mol.